The molecular weight excluding hydrogens is 365 g/mol. The van der Waals surface area contributed by atoms with Crippen LogP contribution in [0.4, 0.5) is 10.1 Å². The smallest absolute Gasteiger partial charge is 0.227 e. The molecule has 6 nitrogen and oxygen atoms in total. The van der Waals surface area contributed by atoms with Crippen molar-refractivity contribution in [2.24, 2.45) is 5.10 Å². The average molecular weight is 381 g/mol. The second kappa shape index (κ2) is 7.24. The predicted molar refractivity (Wildman–Crippen MR) is 103 cm³/mol. The number of hydrogen-bond acceptors (Lipinski definition) is 4. The van der Waals surface area contributed by atoms with Gasteiger partial charge in [0.25, 0.3) is 0 Å². The molecule has 1 aliphatic heterocycles. The van der Waals surface area contributed by atoms with E-state index in [9.17, 15) is 9.18 Å². The highest BCUT2D eigenvalue weighted by Gasteiger charge is 2.34. The van der Waals surface area contributed by atoms with Gasteiger partial charge in [0.2, 0.25) is 10.7 Å². The molecule has 2 aromatic carbocycles. The summed E-state index contributed by atoms with van der Waals surface area (Å²) < 4.78 is 15.1. The van der Waals surface area contributed by atoms with E-state index in [4.69, 9.17) is 12.2 Å². The van der Waals surface area contributed by atoms with Gasteiger partial charge in [-0.25, -0.2) is 4.39 Å². The van der Waals surface area contributed by atoms with Crippen LogP contribution in [0.1, 0.15) is 23.7 Å². The van der Waals surface area contributed by atoms with Crippen molar-refractivity contribution in [1.29, 1.82) is 0 Å². The van der Waals surface area contributed by atoms with Crippen LogP contribution in [0, 0.1) is 10.6 Å². The molecule has 1 fully saturated rings. The van der Waals surface area contributed by atoms with Gasteiger partial charge in [-0.1, -0.05) is 30.3 Å². The molecule has 1 saturated heterocycles. The average Bonchev–Trinajstić information content (AvgIpc) is 3.24. The van der Waals surface area contributed by atoms with E-state index in [0.717, 1.165) is 5.56 Å². The number of carbonyl (C=O) groups excluding carboxylic acids is 1. The highest BCUT2D eigenvalue weighted by Crippen LogP contribution is 2.31. The summed E-state index contributed by atoms with van der Waals surface area (Å²) in [6.07, 6.45) is 1.99. The number of halogens is 1. The lowest BCUT2D eigenvalue weighted by atomic mass is 10.1. The molecule has 8 heteroatoms. The molecule has 0 saturated carbocycles. The summed E-state index contributed by atoms with van der Waals surface area (Å²) in [5.41, 5.74) is 1.60. The molecule has 3 aromatic rings. The summed E-state index contributed by atoms with van der Waals surface area (Å²) in [6, 6.07) is 15.5. The van der Waals surface area contributed by atoms with E-state index in [-0.39, 0.29) is 24.1 Å². The number of H-pyrrole nitrogens is 1. The molecule has 1 aromatic heterocycles. The fraction of sp³-hybridized carbons (Fsp3) is 0.158. The minimum absolute atomic E-state index is 0.0425. The van der Waals surface area contributed by atoms with Crippen LogP contribution in [-0.2, 0) is 4.79 Å². The van der Waals surface area contributed by atoms with Crippen molar-refractivity contribution in [1.82, 2.24) is 14.9 Å². The molecule has 1 atom stereocenters. The summed E-state index contributed by atoms with van der Waals surface area (Å²) in [5.74, 6) is 0.0609. The monoisotopic (exact) mass is 381 g/mol. The first kappa shape index (κ1) is 17.3. The van der Waals surface area contributed by atoms with Crippen LogP contribution in [0.25, 0.3) is 0 Å². The number of carbonyl (C=O) groups is 1. The SMILES string of the molecule is O=C1CC(c2n[nH]c(=S)n2/N=C/c2ccccc2)CN1c1ccc(F)cc1. The number of aromatic nitrogens is 3. The van der Waals surface area contributed by atoms with E-state index in [0.29, 0.717) is 22.8 Å². The van der Waals surface area contributed by atoms with Crippen molar-refractivity contribution in [2.75, 3.05) is 11.4 Å². The first-order valence-corrected chi connectivity index (χ1v) is 8.85. The van der Waals surface area contributed by atoms with Crippen molar-refractivity contribution >= 4 is 30.0 Å². The molecule has 0 aliphatic carbocycles. The number of hydrogen-bond donors (Lipinski definition) is 1. The Bertz CT molecular complexity index is 1040. The Hall–Kier alpha value is -3.13. The van der Waals surface area contributed by atoms with Crippen molar-refractivity contribution in [3.63, 3.8) is 0 Å². The minimum atomic E-state index is -0.335. The van der Waals surface area contributed by atoms with Crippen molar-refractivity contribution < 1.29 is 9.18 Å². The Labute approximate surface area is 160 Å². The largest absolute Gasteiger partial charge is 0.312 e. The van der Waals surface area contributed by atoms with Gasteiger partial charge >= 0.3 is 0 Å². The Kier molecular flexibility index (Phi) is 4.64. The molecule has 4 rings (SSSR count). The lowest BCUT2D eigenvalue weighted by molar-refractivity contribution is -0.117. The Morgan fingerprint density at radius 2 is 1.93 bits per heavy atom. The van der Waals surface area contributed by atoms with E-state index in [1.807, 2.05) is 30.3 Å². The molecule has 0 spiro atoms. The molecule has 0 radical (unpaired) electrons. The van der Waals surface area contributed by atoms with E-state index in [2.05, 4.69) is 15.3 Å². The third kappa shape index (κ3) is 3.56. The summed E-state index contributed by atoms with van der Waals surface area (Å²) in [7, 11) is 0. The van der Waals surface area contributed by atoms with Crippen molar-refractivity contribution in [2.45, 2.75) is 12.3 Å². The van der Waals surface area contributed by atoms with E-state index < -0.39 is 0 Å². The molecule has 1 unspecified atom stereocenters. The third-order valence-electron chi connectivity index (χ3n) is 4.43. The van der Waals surface area contributed by atoms with E-state index in [1.165, 1.54) is 12.1 Å². The van der Waals surface area contributed by atoms with Gasteiger partial charge in [-0.3, -0.25) is 9.89 Å². The number of rotatable bonds is 4. The van der Waals surface area contributed by atoms with Gasteiger partial charge in [0.15, 0.2) is 5.82 Å². The molecule has 1 N–H and O–H groups in total. The Morgan fingerprint density at radius 3 is 2.67 bits per heavy atom. The number of anilines is 1. The second-order valence-electron chi connectivity index (χ2n) is 6.24. The van der Waals surface area contributed by atoms with Gasteiger partial charge in [-0.2, -0.15) is 14.9 Å². The zero-order valence-corrected chi connectivity index (χ0v) is 15.1. The highest BCUT2D eigenvalue weighted by molar-refractivity contribution is 7.71. The topological polar surface area (TPSA) is 66.3 Å². The summed E-state index contributed by atoms with van der Waals surface area (Å²) in [5, 5.41) is 11.5. The Morgan fingerprint density at radius 1 is 1.19 bits per heavy atom. The van der Waals surface area contributed by atoms with Gasteiger partial charge in [-0.15, -0.1) is 0 Å². The van der Waals surface area contributed by atoms with E-state index >= 15 is 0 Å². The van der Waals surface area contributed by atoms with Gasteiger partial charge in [0.1, 0.15) is 5.82 Å². The maximum absolute atomic E-state index is 13.1. The van der Waals surface area contributed by atoms with Crippen LogP contribution in [0.2, 0.25) is 0 Å². The quantitative estimate of drug-likeness (QED) is 0.556. The number of nitrogens with one attached hydrogen (secondary N) is 1. The summed E-state index contributed by atoms with van der Waals surface area (Å²) in [6.45, 7) is 0.435. The van der Waals surface area contributed by atoms with Gasteiger partial charge in [0.05, 0.1) is 6.21 Å². The van der Waals surface area contributed by atoms with Crippen LogP contribution in [0.15, 0.2) is 59.7 Å². The van der Waals surface area contributed by atoms with Crippen LogP contribution < -0.4 is 4.90 Å². The number of nitrogens with zero attached hydrogens (tertiary/aromatic N) is 4. The summed E-state index contributed by atoms with van der Waals surface area (Å²) >= 11 is 5.28. The molecular formula is C19H16FN5OS. The molecule has 2 heterocycles. The fourth-order valence-electron chi connectivity index (χ4n) is 3.09. The zero-order chi connectivity index (χ0) is 18.8. The van der Waals surface area contributed by atoms with Crippen molar-refractivity contribution in [3.8, 4) is 0 Å². The third-order valence-corrected chi connectivity index (χ3v) is 4.69. The number of benzene rings is 2. The van der Waals surface area contributed by atoms with Gasteiger partial charge in [0, 0.05) is 24.6 Å². The van der Waals surface area contributed by atoms with Crippen LogP contribution in [0.5, 0.6) is 0 Å². The first-order valence-electron chi connectivity index (χ1n) is 8.44. The minimum Gasteiger partial charge on any atom is -0.312 e. The number of amides is 1. The lowest BCUT2D eigenvalue weighted by Crippen LogP contribution is -2.24. The molecule has 136 valence electrons. The predicted octanol–water partition coefficient (Wildman–Crippen LogP) is 3.48. The second-order valence-corrected chi connectivity index (χ2v) is 6.62. The van der Waals surface area contributed by atoms with Crippen molar-refractivity contribution in [3.05, 3.63) is 76.6 Å². The van der Waals surface area contributed by atoms with E-state index in [1.54, 1.807) is 27.9 Å². The van der Waals surface area contributed by atoms with Crippen LogP contribution in [-0.4, -0.2) is 33.5 Å². The molecule has 27 heavy (non-hydrogen) atoms. The lowest BCUT2D eigenvalue weighted by Gasteiger charge is -2.16. The Balaban J connectivity index is 1.59. The molecule has 1 amide bonds. The zero-order valence-electron chi connectivity index (χ0n) is 14.2. The van der Waals surface area contributed by atoms with Gasteiger partial charge < -0.3 is 4.90 Å². The van der Waals surface area contributed by atoms with Crippen LogP contribution in [0.3, 0.4) is 0 Å². The van der Waals surface area contributed by atoms with Gasteiger partial charge in [-0.05, 0) is 42.0 Å². The summed E-state index contributed by atoms with van der Waals surface area (Å²) in [4.78, 5) is 14.1. The van der Waals surface area contributed by atoms with Crippen LogP contribution >= 0.6 is 12.2 Å². The standard InChI is InChI=1S/C19H16FN5OS/c20-15-6-8-16(9-7-15)24-12-14(10-17(24)26)18-22-23-19(27)25(18)21-11-13-4-2-1-3-5-13/h1-9,11,14H,10,12H2,(H,23,27)/b21-11+. The normalized spacial score (nSPS) is 17.1. The first-order chi connectivity index (χ1) is 13.1. The molecule has 0 bridgehead atoms. The number of aromatic amines is 1. The molecule has 1 aliphatic rings. The highest BCUT2D eigenvalue weighted by atomic mass is 32.1. The maximum atomic E-state index is 13.1. The fourth-order valence-corrected chi connectivity index (χ4v) is 3.28. The maximum Gasteiger partial charge on any atom is 0.227 e.